The van der Waals surface area contributed by atoms with Gasteiger partial charge in [0, 0.05) is 37.6 Å². The van der Waals surface area contributed by atoms with E-state index in [1.807, 2.05) is 30.3 Å². The zero-order valence-corrected chi connectivity index (χ0v) is 13.0. The SMILES string of the molecule is COCCCn1c(O)c(/C=C2/C=Nc3ccccc32)sc1=O. The summed E-state index contributed by atoms with van der Waals surface area (Å²) >= 11 is 1.04. The summed E-state index contributed by atoms with van der Waals surface area (Å²) in [6, 6.07) is 7.79. The second kappa shape index (κ2) is 6.29. The molecule has 1 N–H and O–H groups in total. The topological polar surface area (TPSA) is 63.8 Å². The number of hydrogen-bond acceptors (Lipinski definition) is 5. The highest BCUT2D eigenvalue weighted by atomic mass is 32.1. The summed E-state index contributed by atoms with van der Waals surface area (Å²) in [6.45, 7) is 1.00. The Morgan fingerprint density at radius 2 is 2.23 bits per heavy atom. The van der Waals surface area contributed by atoms with Crippen LogP contribution in [0.25, 0.3) is 11.6 Å². The molecule has 5 nitrogen and oxygen atoms in total. The van der Waals surface area contributed by atoms with Crippen LogP contribution < -0.4 is 4.87 Å². The summed E-state index contributed by atoms with van der Waals surface area (Å²) in [5.41, 5.74) is 2.81. The van der Waals surface area contributed by atoms with Gasteiger partial charge in [-0.1, -0.05) is 29.5 Å². The van der Waals surface area contributed by atoms with E-state index in [1.54, 1.807) is 13.3 Å². The van der Waals surface area contributed by atoms with Crippen LogP contribution in [0.5, 0.6) is 5.88 Å². The maximum Gasteiger partial charge on any atom is 0.310 e. The molecule has 1 aliphatic heterocycles. The van der Waals surface area contributed by atoms with E-state index in [2.05, 4.69) is 4.99 Å². The van der Waals surface area contributed by atoms with Crippen LogP contribution in [0.2, 0.25) is 0 Å². The molecule has 0 spiro atoms. The van der Waals surface area contributed by atoms with Gasteiger partial charge in [-0.25, -0.2) is 0 Å². The molecule has 0 aliphatic carbocycles. The van der Waals surface area contributed by atoms with Crippen molar-refractivity contribution in [2.24, 2.45) is 4.99 Å². The van der Waals surface area contributed by atoms with Gasteiger partial charge in [0.2, 0.25) is 5.88 Å². The van der Waals surface area contributed by atoms with E-state index in [4.69, 9.17) is 4.74 Å². The summed E-state index contributed by atoms with van der Waals surface area (Å²) in [4.78, 5) is 16.7. The molecule has 0 unspecified atom stereocenters. The van der Waals surface area contributed by atoms with E-state index in [-0.39, 0.29) is 10.8 Å². The average Bonchev–Trinajstić information content (AvgIpc) is 3.04. The first-order valence-electron chi connectivity index (χ1n) is 6.97. The number of methoxy groups -OCH3 is 1. The highest BCUT2D eigenvalue weighted by Gasteiger charge is 2.16. The van der Waals surface area contributed by atoms with Crippen molar-refractivity contribution >= 4 is 34.9 Å². The van der Waals surface area contributed by atoms with Gasteiger partial charge < -0.3 is 9.84 Å². The van der Waals surface area contributed by atoms with Gasteiger partial charge in [0.05, 0.1) is 10.6 Å². The third-order valence-corrected chi connectivity index (χ3v) is 4.38. The van der Waals surface area contributed by atoms with Gasteiger partial charge in [0.1, 0.15) is 0 Å². The number of ether oxygens (including phenoxy) is 1. The smallest absolute Gasteiger partial charge is 0.310 e. The summed E-state index contributed by atoms with van der Waals surface area (Å²) in [7, 11) is 1.61. The van der Waals surface area contributed by atoms with E-state index in [0.717, 1.165) is 28.2 Å². The van der Waals surface area contributed by atoms with Crippen molar-refractivity contribution in [1.29, 1.82) is 0 Å². The molecule has 0 saturated heterocycles. The minimum Gasteiger partial charge on any atom is -0.493 e. The fraction of sp³-hybridized carbons (Fsp3) is 0.250. The van der Waals surface area contributed by atoms with Gasteiger partial charge in [-0.15, -0.1) is 0 Å². The van der Waals surface area contributed by atoms with E-state index in [1.165, 1.54) is 4.57 Å². The van der Waals surface area contributed by atoms with Crippen molar-refractivity contribution in [3.8, 4) is 5.88 Å². The number of aromatic hydroxyl groups is 1. The normalized spacial score (nSPS) is 14.7. The van der Waals surface area contributed by atoms with Crippen LogP contribution in [0.3, 0.4) is 0 Å². The van der Waals surface area contributed by atoms with Gasteiger partial charge in [0.25, 0.3) is 0 Å². The first-order chi connectivity index (χ1) is 10.7. The van der Waals surface area contributed by atoms with Crippen LogP contribution in [-0.2, 0) is 11.3 Å². The third-order valence-electron chi connectivity index (χ3n) is 3.47. The summed E-state index contributed by atoms with van der Waals surface area (Å²) < 4.78 is 6.36. The Morgan fingerprint density at radius 1 is 1.41 bits per heavy atom. The minimum absolute atomic E-state index is 0.0105. The molecule has 0 atom stereocenters. The maximum absolute atomic E-state index is 12.0. The Balaban J connectivity index is 1.91. The quantitative estimate of drug-likeness (QED) is 0.863. The first kappa shape index (κ1) is 14.7. The first-order valence-corrected chi connectivity index (χ1v) is 7.79. The summed E-state index contributed by atoms with van der Waals surface area (Å²) in [5, 5.41) is 10.3. The lowest BCUT2D eigenvalue weighted by Gasteiger charge is -2.03. The number of nitrogens with zero attached hydrogens (tertiary/aromatic N) is 2. The average molecular weight is 316 g/mol. The molecule has 2 heterocycles. The van der Waals surface area contributed by atoms with Crippen LogP contribution >= 0.6 is 11.3 Å². The molecule has 3 rings (SSSR count). The van der Waals surface area contributed by atoms with Gasteiger partial charge in [-0.2, -0.15) is 0 Å². The number of fused-ring (bicyclic) bond motifs is 1. The van der Waals surface area contributed by atoms with Crippen LogP contribution in [0.15, 0.2) is 34.1 Å². The number of benzene rings is 1. The zero-order chi connectivity index (χ0) is 15.5. The predicted octanol–water partition coefficient (Wildman–Crippen LogP) is 2.91. The van der Waals surface area contributed by atoms with Crippen LogP contribution in [0, 0.1) is 0 Å². The molecule has 1 aromatic heterocycles. The molecular formula is C16H16N2O3S. The second-order valence-electron chi connectivity index (χ2n) is 4.93. The third kappa shape index (κ3) is 2.75. The Bertz CT molecular complexity index is 802. The van der Waals surface area contributed by atoms with E-state index >= 15 is 0 Å². The summed E-state index contributed by atoms with van der Waals surface area (Å²) in [6.07, 6.45) is 4.24. The minimum atomic E-state index is -0.163. The molecule has 1 aliphatic rings. The Kier molecular flexibility index (Phi) is 4.22. The predicted molar refractivity (Wildman–Crippen MR) is 89.2 cm³/mol. The molecule has 0 bridgehead atoms. The zero-order valence-electron chi connectivity index (χ0n) is 12.2. The van der Waals surface area contributed by atoms with E-state index in [9.17, 15) is 9.90 Å². The molecule has 114 valence electrons. The van der Waals surface area contributed by atoms with Crippen molar-refractivity contribution in [2.75, 3.05) is 13.7 Å². The van der Waals surface area contributed by atoms with Gasteiger partial charge in [-0.3, -0.25) is 14.4 Å². The van der Waals surface area contributed by atoms with Gasteiger partial charge in [0.15, 0.2) is 0 Å². The van der Waals surface area contributed by atoms with Crippen molar-refractivity contribution in [1.82, 2.24) is 4.57 Å². The lowest BCUT2D eigenvalue weighted by Crippen LogP contribution is -2.13. The Labute approximate surface area is 131 Å². The molecule has 2 aromatic rings. The van der Waals surface area contributed by atoms with Crippen molar-refractivity contribution in [2.45, 2.75) is 13.0 Å². The van der Waals surface area contributed by atoms with Crippen LogP contribution in [0.1, 0.15) is 16.9 Å². The summed E-state index contributed by atoms with van der Waals surface area (Å²) in [5.74, 6) is 0.0105. The lowest BCUT2D eigenvalue weighted by molar-refractivity contribution is 0.189. The maximum atomic E-state index is 12.0. The van der Waals surface area contributed by atoms with Crippen molar-refractivity contribution < 1.29 is 9.84 Å². The standard InChI is InChI=1S/C16H16N2O3S/c1-21-8-4-7-18-15(19)14(22-16(18)20)9-11-10-17-13-6-3-2-5-12(11)13/h2-3,5-6,9-10,19H,4,7-8H2,1H3/b11-9-. The van der Waals surface area contributed by atoms with Crippen molar-refractivity contribution in [3.05, 3.63) is 44.4 Å². The molecule has 0 radical (unpaired) electrons. The molecule has 0 amide bonds. The lowest BCUT2D eigenvalue weighted by atomic mass is 10.1. The second-order valence-corrected chi connectivity index (χ2v) is 5.92. The van der Waals surface area contributed by atoms with Crippen molar-refractivity contribution in [3.63, 3.8) is 0 Å². The monoisotopic (exact) mass is 316 g/mol. The molecule has 0 fully saturated rings. The molecule has 0 saturated carbocycles. The number of thiazole rings is 1. The van der Waals surface area contributed by atoms with Crippen LogP contribution in [0.4, 0.5) is 5.69 Å². The number of aromatic nitrogens is 1. The van der Waals surface area contributed by atoms with Crippen LogP contribution in [-0.4, -0.2) is 29.6 Å². The molecule has 22 heavy (non-hydrogen) atoms. The highest BCUT2D eigenvalue weighted by molar-refractivity contribution is 7.10. The Hall–Kier alpha value is -2.18. The number of allylic oxidation sites excluding steroid dienone is 1. The number of aliphatic imine (C=N–C) groups is 1. The highest BCUT2D eigenvalue weighted by Crippen LogP contribution is 2.34. The van der Waals surface area contributed by atoms with E-state index < -0.39 is 0 Å². The number of para-hydroxylation sites is 1. The number of hydrogen-bond donors (Lipinski definition) is 1. The van der Waals surface area contributed by atoms with Gasteiger partial charge >= 0.3 is 4.87 Å². The molecular weight excluding hydrogens is 300 g/mol. The largest absolute Gasteiger partial charge is 0.493 e. The van der Waals surface area contributed by atoms with E-state index in [0.29, 0.717) is 24.4 Å². The Morgan fingerprint density at radius 3 is 3.05 bits per heavy atom. The molecule has 6 heteroatoms. The molecule has 1 aromatic carbocycles. The number of rotatable bonds is 5. The van der Waals surface area contributed by atoms with Gasteiger partial charge in [-0.05, 0) is 18.6 Å². The fourth-order valence-electron chi connectivity index (χ4n) is 2.37. The fourth-order valence-corrected chi connectivity index (χ4v) is 3.23.